The highest BCUT2D eigenvalue weighted by Crippen LogP contribution is 2.34. The van der Waals surface area contributed by atoms with Crippen molar-refractivity contribution >= 4 is 28.4 Å². The lowest BCUT2D eigenvalue weighted by Gasteiger charge is -2.31. The summed E-state index contributed by atoms with van der Waals surface area (Å²) in [5, 5.41) is 4.43. The SMILES string of the molecule is CC1(F)CCC(CNC(=O)c2cn(C[C@@H]3CCCO3)c3cccc(Cl)c23)CC1. The molecule has 4 rings (SSSR count). The molecule has 2 fully saturated rings. The second-order valence-electron chi connectivity index (χ2n) is 8.53. The molecule has 1 saturated carbocycles. The molecule has 0 radical (unpaired) electrons. The van der Waals surface area contributed by atoms with Gasteiger partial charge < -0.3 is 14.6 Å². The molecule has 1 aliphatic carbocycles. The Bertz CT molecular complexity index is 848. The van der Waals surface area contributed by atoms with E-state index in [9.17, 15) is 9.18 Å². The molecule has 2 aromatic rings. The van der Waals surface area contributed by atoms with Crippen molar-refractivity contribution in [1.29, 1.82) is 0 Å². The molecule has 28 heavy (non-hydrogen) atoms. The standard InChI is InChI=1S/C22H28ClFN2O2/c1-22(24)9-7-15(8-10-22)12-25-21(27)17-14-26(13-16-4-3-11-28-16)19-6-2-5-18(23)20(17)19/h2,5-6,14-16H,3-4,7-13H2,1H3,(H,25,27)/t15?,16-,22?/m0/s1. The number of amides is 1. The van der Waals surface area contributed by atoms with Crippen LogP contribution < -0.4 is 5.32 Å². The maximum atomic E-state index is 14.0. The summed E-state index contributed by atoms with van der Waals surface area (Å²) >= 11 is 6.45. The molecule has 6 heteroatoms. The lowest BCUT2D eigenvalue weighted by molar-refractivity contribution is 0.0891. The molecule has 4 nitrogen and oxygen atoms in total. The Morgan fingerprint density at radius 3 is 2.86 bits per heavy atom. The number of carbonyl (C=O) groups excluding carboxylic acids is 1. The first-order valence-electron chi connectivity index (χ1n) is 10.3. The van der Waals surface area contributed by atoms with Gasteiger partial charge in [0.25, 0.3) is 5.91 Å². The van der Waals surface area contributed by atoms with Crippen LogP contribution >= 0.6 is 11.6 Å². The van der Waals surface area contributed by atoms with Crippen molar-refractivity contribution in [2.24, 2.45) is 5.92 Å². The van der Waals surface area contributed by atoms with E-state index in [1.807, 2.05) is 24.4 Å². The van der Waals surface area contributed by atoms with Gasteiger partial charge in [-0.15, -0.1) is 0 Å². The van der Waals surface area contributed by atoms with Crippen LogP contribution in [-0.2, 0) is 11.3 Å². The second kappa shape index (κ2) is 8.03. The average Bonchev–Trinajstić information content (AvgIpc) is 3.30. The van der Waals surface area contributed by atoms with Gasteiger partial charge in [-0.25, -0.2) is 4.39 Å². The highest BCUT2D eigenvalue weighted by atomic mass is 35.5. The fourth-order valence-electron chi connectivity index (χ4n) is 4.46. The van der Waals surface area contributed by atoms with E-state index in [1.54, 1.807) is 6.92 Å². The number of rotatable bonds is 5. The topological polar surface area (TPSA) is 43.3 Å². The maximum absolute atomic E-state index is 14.0. The summed E-state index contributed by atoms with van der Waals surface area (Å²) in [6.07, 6.45) is 6.97. The monoisotopic (exact) mass is 406 g/mol. The number of fused-ring (bicyclic) bond motifs is 1. The fraction of sp³-hybridized carbons (Fsp3) is 0.591. The van der Waals surface area contributed by atoms with Gasteiger partial charge in [-0.05, 0) is 63.5 Å². The van der Waals surface area contributed by atoms with E-state index in [0.717, 1.165) is 49.7 Å². The Kier molecular flexibility index (Phi) is 5.66. The van der Waals surface area contributed by atoms with E-state index < -0.39 is 5.67 Å². The number of nitrogens with one attached hydrogen (secondary N) is 1. The molecule has 1 saturated heterocycles. The first kappa shape index (κ1) is 19.7. The van der Waals surface area contributed by atoms with Crippen molar-refractivity contribution in [3.63, 3.8) is 0 Å². The van der Waals surface area contributed by atoms with Gasteiger partial charge in [0, 0.05) is 31.3 Å². The van der Waals surface area contributed by atoms with Crippen LogP contribution in [0.5, 0.6) is 0 Å². The quantitative estimate of drug-likeness (QED) is 0.748. The summed E-state index contributed by atoms with van der Waals surface area (Å²) in [5.74, 6) is 0.223. The van der Waals surface area contributed by atoms with E-state index in [4.69, 9.17) is 16.3 Å². The zero-order chi connectivity index (χ0) is 19.7. The second-order valence-corrected chi connectivity index (χ2v) is 8.94. The van der Waals surface area contributed by atoms with Crippen molar-refractivity contribution in [2.45, 2.75) is 63.8 Å². The predicted molar refractivity (Wildman–Crippen MR) is 110 cm³/mol. The van der Waals surface area contributed by atoms with Crippen LogP contribution in [0.3, 0.4) is 0 Å². The first-order chi connectivity index (χ1) is 13.4. The molecule has 1 amide bonds. The Morgan fingerprint density at radius 2 is 2.14 bits per heavy atom. The Hall–Kier alpha value is -1.59. The summed E-state index contributed by atoms with van der Waals surface area (Å²) in [7, 11) is 0. The third-order valence-electron chi connectivity index (χ3n) is 6.22. The molecule has 2 aliphatic rings. The molecule has 0 bridgehead atoms. The van der Waals surface area contributed by atoms with E-state index in [2.05, 4.69) is 9.88 Å². The number of hydrogen-bond acceptors (Lipinski definition) is 2. The minimum Gasteiger partial charge on any atom is -0.376 e. The zero-order valence-corrected chi connectivity index (χ0v) is 17.1. The minimum absolute atomic E-state index is 0.113. The van der Waals surface area contributed by atoms with Crippen molar-refractivity contribution in [3.05, 3.63) is 35.0 Å². The number of alkyl halides is 1. The van der Waals surface area contributed by atoms with Gasteiger partial charge in [0.15, 0.2) is 0 Å². The third-order valence-corrected chi connectivity index (χ3v) is 6.54. The van der Waals surface area contributed by atoms with Crippen LogP contribution in [0.2, 0.25) is 5.02 Å². The summed E-state index contributed by atoms with van der Waals surface area (Å²) in [6.45, 7) is 3.78. The first-order valence-corrected chi connectivity index (χ1v) is 10.7. The average molecular weight is 407 g/mol. The van der Waals surface area contributed by atoms with E-state index in [-0.39, 0.29) is 12.0 Å². The van der Waals surface area contributed by atoms with Crippen molar-refractivity contribution in [3.8, 4) is 0 Å². The molecule has 1 aliphatic heterocycles. The normalized spacial score (nSPS) is 28.0. The van der Waals surface area contributed by atoms with Gasteiger partial charge in [-0.1, -0.05) is 17.7 Å². The molecule has 2 heterocycles. The van der Waals surface area contributed by atoms with Crippen LogP contribution in [0, 0.1) is 5.92 Å². The molecule has 1 aromatic carbocycles. The largest absolute Gasteiger partial charge is 0.376 e. The number of halogens is 2. The van der Waals surface area contributed by atoms with Crippen LogP contribution in [0.15, 0.2) is 24.4 Å². The fourth-order valence-corrected chi connectivity index (χ4v) is 4.73. The maximum Gasteiger partial charge on any atom is 0.253 e. The summed E-state index contributed by atoms with van der Waals surface area (Å²) in [5.41, 5.74) is 0.507. The molecular formula is C22H28ClFN2O2. The molecule has 152 valence electrons. The highest BCUT2D eigenvalue weighted by Gasteiger charge is 2.31. The van der Waals surface area contributed by atoms with Gasteiger partial charge in [0.05, 0.1) is 22.2 Å². The molecular weight excluding hydrogens is 379 g/mol. The van der Waals surface area contributed by atoms with Crippen molar-refractivity contribution in [2.75, 3.05) is 13.2 Å². The van der Waals surface area contributed by atoms with E-state index in [0.29, 0.717) is 35.9 Å². The van der Waals surface area contributed by atoms with E-state index >= 15 is 0 Å². The number of aromatic nitrogens is 1. The zero-order valence-electron chi connectivity index (χ0n) is 16.3. The Morgan fingerprint density at radius 1 is 1.36 bits per heavy atom. The number of ether oxygens (including phenoxy) is 1. The number of nitrogens with zero attached hydrogens (tertiary/aromatic N) is 1. The molecule has 0 spiro atoms. The Balaban J connectivity index is 1.50. The van der Waals surface area contributed by atoms with E-state index in [1.165, 1.54) is 0 Å². The number of hydrogen-bond donors (Lipinski definition) is 1. The van der Waals surface area contributed by atoms with Crippen molar-refractivity contribution in [1.82, 2.24) is 9.88 Å². The molecule has 1 atom stereocenters. The van der Waals surface area contributed by atoms with Gasteiger partial charge >= 0.3 is 0 Å². The highest BCUT2D eigenvalue weighted by molar-refractivity contribution is 6.36. The summed E-state index contributed by atoms with van der Waals surface area (Å²) in [4.78, 5) is 12.9. The molecule has 1 aromatic heterocycles. The minimum atomic E-state index is -1.05. The van der Waals surface area contributed by atoms with Crippen molar-refractivity contribution < 1.29 is 13.9 Å². The lowest BCUT2D eigenvalue weighted by atomic mass is 9.81. The smallest absolute Gasteiger partial charge is 0.253 e. The number of benzene rings is 1. The predicted octanol–water partition coefficient (Wildman–Crippen LogP) is 5.12. The van der Waals surface area contributed by atoms with Crippen LogP contribution in [0.4, 0.5) is 4.39 Å². The van der Waals surface area contributed by atoms with Gasteiger partial charge in [0.2, 0.25) is 0 Å². The summed E-state index contributed by atoms with van der Waals surface area (Å²) in [6, 6.07) is 5.73. The Labute approximate surface area is 170 Å². The van der Waals surface area contributed by atoms with Gasteiger partial charge in [0.1, 0.15) is 5.67 Å². The van der Waals surface area contributed by atoms with Crippen LogP contribution in [0.1, 0.15) is 55.8 Å². The van der Waals surface area contributed by atoms with Crippen LogP contribution in [0.25, 0.3) is 10.9 Å². The summed E-state index contributed by atoms with van der Waals surface area (Å²) < 4.78 is 21.8. The number of carbonyl (C=O) groups is 1. The lowest BCUT2D eigenvalue weighted by Crippen LogP contribution is -2.34. The van der Waals surface area contributed by atoms with Crippen LogP contribution in [-0.4, -0.2) is 35.4 Å². The van der Waals surface area contributed by atoms with Gasteiger partial charge in [-0.3, -0.25) is 4.79 Å². The van der Waals surface area contributed by atoms with Gasteiger partial charge in [-0.2, -0.15) is 0 Å². The third kappa shape index (κ3) is 4.20. The molecule has 0 unspecified atom stereocenters. The molecule has 1 N–H and O–H groups in total.